The molecule has 2 aromatic rings. The van der Waals surface area contributed by atoms with E-state index in [-0.39, 0.29) is 10.8 Å². The van der Waals surface area contributed by atoms with E-state index in [0.29, 0.717) is 12.2 Å². The van der Waals surface area contributed by atoms with Gasteiger partial charge in [-0.25, -0.2) is 4.39 Å². The van der Waals surface area contributed by atoms with E-state index >= 15 is 0 Å². The average Bonchev–Trinajstić information content (AvgIpc) is 2.46. The third-order valence-electron chi connectivity index (χ3n) is 3.07. The van der Waals surface area contributed by atoms with Crippen LogP contribution in [0.3, 0.4) is 0 Å². The molecule has 0 atom stereocenters. The van der Waals surface area contributed by atoms with Crippen molar-refractivity contribution in [2.24, 2.45) is 5.73 Å². The highest BCUT2D eigenvalue weighted by atomic mass is 32.1. The van der Waals surface area contributed by atoms with E-state index in [0.717, 1.165) is 23.3 Å². The van der Waals surface area contributed by atoms with Gasteiger partial charge in [-0.1, -0.05) is 43.4 Å². The van der Waals surface area contributed by atoms with Crippen molar-refractivity contribution in [3.63, 3.8) is 0 Å². The predicted molar refractivity (Wildman–Crippen MR) is 82.4 cm³/mol. The Morgan fingerprint density at radius 2 is 1.95 bits per heavy atom. The second kappa shape index (κ2) is 6.48. The Morgan fingerprint density at radius 1 is 1.20 bits per heavy atom. The minimum atomic E-state index is -0.356. The smallest absolute Gasteiger partial charge is 0.123 e. The van der Waals surface area contributed by atoms with Gasteiger partial charge in [-0.05, 0) is 35.7 Å². The molecular weight excluding hydrogens is 273 g/mol. The van der Waals surface area contributed by atoms with E-state index < -0.39 is 0 Å². The third-order valence-corrected chi connectivity index (χ3v) is 3.29. The van der Waals surface area contributed by atoms with Crippen LogP contribution >= 0.6 is 12.2 Å². The van der Waals surface area contributed by atoms with Crippen LogP contribution in [0.2, 0.25) is 0 Å². The lowest BCUT2D eigenvalue weighted by Crippen LogP contribution is -2.14. The van der Waals surface area contributed by atoms with Crippen molar-refractivity contribution >= 4 is 17.2 Å². The lowest BCUT2D eigenvalue weighted by atomic mass is 10.1. The highest BCUT2D eigenvalue weighted by Crippen LogP contribution is 2.21. The van der Waals surface area contributed by atoms with Crippen molar-refractivity contribution in [3.8, 4) is 5.75 Å². The monoisotopic (exact) mass is 289 g/mol. The highest BCUT2D eigenvalue weighted by molar-refractivity contribution is 7.80. The number of halogens is 1. The molecule has 4 heteroatoms. The summed E-state index contributed by atoms with van der Waals surface area (Å²) in [5, 5.41) is 0. The van der Waals surface area contributed by atoms with Crippen LogP contribution in [0.1, 0.15) is 23.6 Å². The fourth-order valence-corrected chi connectivity index (χ4v) is 2.19. The molecule has 0 saturated heterocycles. The summed E-state index contributed by atoms with van der Waals surface area (Å²) in [4.78, 5) is 0.173. The van der Waals surface area contributed by atoms with Gasteiger partial charge in [0.05, 0.1) is 0 Å². The molecule has 0 aliphatic heterocycles. The maximum Gasteiger partial charge on any atom is 0.123 e. The Bertz CT molecular complexity index is 628. The molecule has 0 spiro atoms. The van der Waals surface area contributed by atoms with Crippen LogP contribution in [0, 0.1) is 5.82 Å². The summed E-state index contributed by atoms with van der Waals surface area (Å²) in [7, 11) is 0. The molecule has 2 rings (SSSR count). The summed E-state index contributed by atoms with van der Waals surface area (Å²) >= 11 is 4.94. The molecule has 0 aliphatic rings. The number of hydrogen-bond donors (Lipinski definition) is 1. The number of benzene rings is 2. The first-order valence-corrected chi connectivity index (χ1v) is 6.81. The SMILES string of the molecule is CCc1ccccc1OCc1ccc(F)cc1C(N)=S. The fraction of sp³-hybridized carbons (Fsp3) is 0.188. The fourth-order valence-electron chi connectivity index (χ4n) is 2.00. The molecule has 0 fully saturated rings. The van der Waals surface area contributed by atoms with Crippen LogP contribution < -0.4 is 10.5 Å². The number of thiocarbonyl (C=S) groups is 1. The van der Waals surface area contributed by atoms with Crippen molar-refractivity contribution in [1.82, 2.24) is 0 Å². The van der Waals surface area contributed by atoms with Crippen LogP contribution in [0.25, 0.3) is 0 Å². The lowest BCUT2D eigenvalue weighted by Gasteiger charge is -2.12. The van der Waals surface area contributed by atoms with Crippen LogP contribution in [0.5, 0.6) is 5.75 Å². The summed E-state index contributed by atoms with van der Waals surface area (Å²) in [6, 6.07) is 12.2. The zero-order chi connectivity index (χ0) is 14.5. The molecule has 20 heavy (non-hydrogen) atoms. The average molecular weight is 289 g/mol. The van der Waals surface area contributed by atoms with Gasteiger partial charge >= 0.3 is 0 Å². The van der Waals surface area contributed by atoms with Gasteiger partial charge < -0.3 is 10.5 Å². The van der Waals surface area contributed by atoms with Crippen molar-refractivity contribution in [2.75, 3.05) is 0 Å². The van der Waals surface area contributed by atoms with Crippen molar-refractivity contribution in [1.29, 1.82) is 0 Å². The largest absolute Gasteiger partial charge is 0.489 e. The van der Waals surface area contributed by atoms with E-state index in [1.165, 1.54) is 12.1 Å². The van der Waals surface area contributed by atoms with Gasteiger partial charge in [-0.3, -0.25) is 0 Å². The molecule has 0 aromatic heterocycles. The summed E-state index contributed by atoms with van der Waals surface area (Å²) < 4.78 is 19.0. The Kier molecular flexibility index (Phi) is 4.69. The zero-order valence-electron chi connectivity index (χ0n) is 11.2. The summed E-state index contributed by atoms with van der Waals surface area (Å²) in [6.07, 6.45) is 0.891. The molecule has 0 saturated carbocycles. The van der Waals surface area contributed by atoms with Crippen LogP contribution in [0.4, 0.5) is 4.39 Å². The van der Waals surface area contributed by atoms with Crippen LogP contribution in [-0.4, -0.2) is 4.99 Å². The molecule has 104 valence electrons. The number of nitrogens with two attached hydrogens (primary N) is 1. The molecule has 2 nitrogen and oxygen atoms in total. The maximum absolute atomic E-state index is 13.2. The van der Waals surface area contributed by atoms with Gasteiger partial charge in [0.2, 0.25) is 0 Å². The second-order valence-corrected chi connectivity index (χ2v) is 4.86. The minimum absolute atomic E-state index is 0.173. The van der Waals surface area contributed by atoms with Gasteiger partial charge in [0.15, 0.2) is 0 Å². The first-order chi connectivity index (χ1) is 9.61. The summed E-state index contributed by atoms with van der Waals surface area (Å²) in [6.45, 7) is 2.38. The topological polar surface area (TPSA) is 35.2 Å². The zero-order valence-corrected chi connectivity index (χ0v) is 12.0. The van der Waals surface area contributed by atoms with E-state index in [9.17, 15) is 4.39 Å². The second-order valence-electron chi connectivity index (χ2n) is 4.42. The van der Waals surface area contributed by atoms with E-state index in [2.05, 4.69) is 6.92 Å². The Balaban J connectivity index is 2.21. The van der Waals surface area contributed by atoms with Gasteiger partial charge in [0.25, 0.3) is 0 Å². The molecular formula is C16H16FNOS. The minimum Gasteiger partial charge on any atom is -0.489 e. The number of ether oxygens (including phenoxy) is 1. The normalized spacial score (nSPS) is 10.3. The van der Waals surface area contributed by atoms with Gasteiger partial charge in [0, 0.05) is 5.56 Å². The molecule has 0 aliphatic carbocycles. The van der Waals surface area contributed by atoms with Crippen LogP contribution in [-0.2, 0) is 13.0 Å². The molecule has 0 amide bonds. The quantitative estimate of drug-likeness (QED) is 0.854. The van der Waals surface area contributed by atoms with Crippen molar-refractivity contribution < 1.29 is 9.13 Å². The molecule has 2 aromatic carbocycles. The Labute approximate surface area is 123 Å². The lowest BCUT2D eigenvalue weighted by molar-refractivity contribution is 0.303. The first-order valence-electron chi connectivity index (χ1n) is 6.40. The van der Waals surface area contributed by atoms with Crippen molar-refractivity contribution in [3.05, 3.63) is 65.0 Å². The maximum atomic E-state index is 13.2. The number of hydrogen-bond acceptors (Lipinski definition) is 2. The molecule has 0 bridgehead atoms. The number of para-hydroxylation sites is 1. The standard InChI is InChI=1S/C16H16FNOS/c1-2-11-5-3-4-6-15(11)19-10-12-7-8-13(17)9-14(12)16(18)20/h3-9H,2,10H2,1H3,(H2,18,20). The molecule has 2 N–H and O–H groups in total. The Hall–Kier alpha value is -1.94. The summed E-state index contributed by atoms with van der Waals surface area (Å²) in [5.74, 6) is 0.471. The molecule has 0 radical (unpaired) electrons. The van der Waals surface area contributed by atoms with Gasteiger partial charge in [-0.2, -0.15) is 0 Å². The highest BCUT2D eigenvalue weighted by Gasteiger charge is 2.08. The van der Waals surface area contributed by atoms with E-state index in [1.54, 1.807) is 6.07 Å². The van der Waals surface area contributed by atoms with Crippen LogP contribution in [0.15, 0.2) is 42.5 Å². The van der Waals surface area contributed by atoms with E-state index in [4.69, 9.17) is 22.7 Å². The molecule has 0 heterocycles. The van der Waals surface area contributed by atoms with E-state index in [1.807, 2.05) is 24.3 Å². The third kappa shape index (κ3) is 3.33. The Morgan fingerprint density at radius 3 is 2.65 bits per heavy atom. The summed E-state index contributed by atoms with van der Waals surface area (Å²) in [5.41, 5.74) is 8.05. The number of rotatable bonds is 5. The van der Waals surface area contributed by atoms with Gasteiger partial charge in [-0.15, -0.1) is 0 Å². The molecule has 0 unspecified atom stereocenters. The van der Waals surface area contributed by atoms with Gasteiger partial charge in [0.1, 0.15) is 23.2 Å². The first kappa shape index (κ1) is 14.5. The number of aryl methyl sites for hydroxylation is 1. The predicted octanol–water partition coefficient (Wildman–Crippen LogP) is 3.60. The van der Waals surface area contributed by atoms with Crippen molar-refractivity contribution in [2.45, 2.75) is 20.0 Å².